The summed E-state index contributed by atoms with van der Waals surface area (Å²) in [7, 11) is 0. The van der Waals surface area contributed by atoms with Crippen molar-refractivity contribution < 1.29 is 19.1 Å². The zero-order chi connectivity index (χ0) is 36.3. The molecule has 7 atom stereocenters. The number of hydrogen-bond acceptors (Lipinski definition) is 6. The van der Waals surface area contributed by atoms with Crippen LogP contribution in [0.1, 0.15) is 113 Å². The zero-order valence-corrected chi connectivity index (χ0v) is 31.0. The number of carbonyl (C=O) groups is 2. The maximum absolute atomic E-state index is 15.0. The number of ketones is 1. The Morgan fingerprint density at radius 2 is 1.71 bits per heavy atom. The summed E-state index contributed by atoms with van der Waals surface area (Å²) in [5.74, 6) is 2.18. The number of halogens is 1. The van der Waals surface area contributed by atoms with Crippen molar-refractivity contribution >= 4 is 22.5 Å². The van der Waals surface area contributed by atoms with E-state index in [4.69, 9.17) is 0 Å². The quantitative estimate of drug-likeness (QED) is 0.246. The lowest BCUT2D eigenvalue weighted by Gasteiger charge is -2.61. The second-order valence-corrected chi connectivity index (χ2v) is 17.6. The summed E-state index contributed by atoms with van der Waals surface area (Å²) in [6.45, 7) is 8.43. The fraction of sp³-hybridized carbons (Fsp3) is 0.628. The minimum absolute atomic E-state index is 0.0231. The lowest BCUT2D eigenvalue weighted by atomic mass is 9.44. The zero-order valence-electron chi connectivity index (χ0n) is 31.0. The number of aromatic nitrogens is 2. The SMILES string of the molecule is C[C@@]12CCC(=O)C[C@H]1CC[C@H]1[C@H]2CC[C@]2(C)[C@@H]1CC[C@]2(O)CCCCN1CCN(C(=O)c2cc(Cc3n[nH]c(=O)c4ccccc34)ccc2F)CC1. The monoisotopic (exact) mass is 710 g/mol. The van der Waals surface area contributed by atoms with Gasteiger partial charge in [0, 0.05) is 50.8 Å². The van der Waals surface area contributed by atoms with Crippen LogP contribution in [0.5, 0.6) is 0 Å². The maximum Gasteiger partial charge on any atom is 0.272 e. The molecule has 8 rings (SSSR count). The lowest BCUT2D eigenvalue weighted by molar-refractivity contribution is -0.158. The van der Waals surface area contributed by atoms with E-state index in [0.29, 0.717) is 65.5 Å². The van der Waals surface area contributed by atoms with Gasteiger partial charge < -0.3 is 10.0 Å². The van der Waals surface area contributed by atoms with Crippen molar-refractivity contribution in [3.63, 3.8) is 0 Å². The van der Waals surface area contributed by atoms with E-state index in [1.54, 1.807) is 23.1 Å². The third kappa shape index (κ3) is 6.13. The van der Waals surface area contributed by atoms with Crippen molar-refractivity contribution in [2.45, 2.75) is 103 Å². The van der Waals surface area contributed by atoms with E-state index in [-0.39, 0.29) is 22.4 Å². The van der Waals surface area contributed by atoms with Gasteiger partial charge in [0.15, 0.2) is 0 Å². The van der Waals surface area contributed by atoms with Crippen LogP contribution in [0, 0.1) is 40.3 Å². The van der Waals surface area contributed by atoms with Gasteiger partial charge in [-0.3, -0.25) is 19.3 Å². The van der Waals surface area contributed by atoms with Crippen LogP contribution in [0.2, 0.25) is 0 Å². The van der Waals surface area contributed by atoms with Gasteiger partial charge in [-0.25, -0.2) is 9.49 Å². The first-order valence-corrected chi connectivity index (χ1v) is 20.0. The number of amides is 1. The summed E-state index contributed by atoms with van der Waals surface area (Å²) >= 11 is 0. The van der Waals surface area contributed by atoms with Crippen LogP contribution in [-0.4, -0.2) is 75.1 Å². The van der Waals surface area contributed by atoms with Crippen LogP contribution >= 0.6 is 0 Å². The average Bonchev–Trinajstić information content (AvgIpc) is 3.42. The van der Waals surface area contributed by atoms with Gasteiger partial charge in [0.25, 0.3) is 11.5 Å². The van der Waals surface area contributed by atoms with Gasteiger partial charge in [-0.1, -0.05) is 38.1 Å². The highest BCUT2D eigenvalue weighted by molar-refractivity contribution is 5.95. The summed E-state index contributed by atoms with van der Waals surface area (Å²) in [5, 5.41) is 20.3. The molecule has 2 N–H and O–H groups in total. The molecule has 1 aromatic heterocycles. The van der Waals surface area contributed by atoms with Crippen LogP contribution in [-0.2, 0) is 11.2 Å². The first-order valence-electron chi connectivity index (χ1n) is 20.0. The fourth-order valence-corrected chi connectivity index (χ4v) is 12.0. The van der Waals surface area contributed by atoms with Crippen molar-refractivity contribution in [3.8, 4) is 0 Å². The maximum atomic E-state index is 15.0. The van der Waals surface area contributed by atoms with Crippen LogP contribution in [0.3, 0.4) is 0 Å². The first-order chi connectivity index (χ1) is 25.0. The van der Waals surface area contributed by atoms with E-state index in [2.05, 4.69) is 28.9 Å². The number of carbonyl (C=O) groups excluding carboxylic acids is 2. The molecule has 52 heavy (non-hydrogen) atoms. The number of unbranched alkanes of at least 4 members (excludes halogenated alkanes) is 1. The second kappa shape index (κ2) is 13.8. The van der Waals surface area contributed by atoms with Crippen molar-refractivity contribution in [2.75, 3.05) is 32.7 Å². The summed E-state index contributed by atoms with van der Waals surface area (Å²) in [5.41, 5.74) is 0.918. The molecule has 1 amide bonds. The van der Waals surface area contributed by atoms with Crippen LogP contribution in [0.4, 0.5) is 4.39 Å². The molecule has 0 radical (unpaired) electrons. The van der Waals surface area contributed by atoms with Crippen molar-refractivity contribution in [1.82, 2.24) is 20.0 Å². The van der Waals surface area contributed by atoms with Crippen LogP contribution in [0.15, 0.2) is 47.3 Å². The van der Waals surface area contributed by atoms with Gasteiger partial charge in [0.1, 0.15) is 11.6 Å². The first kappa shape index (κ1) is 35.6. The number of aromatic amines is 1. The smallest absolute Gasteiger partial charge is 0.272 e. The minimum atomic E-state index is -0.604. The van der Waals surface area contributed by atoms with E-state index in [9.17, 15) is 19.5 Å². The fourth-order valence-electron chi connectivity index (χ4n) is 12.0. The van der Waals surface area contributed by atoms with E-state index in [1.807, 2.05) is 18.2 Å². The molecule has 278 valence electrons. The number of nitrogens with one attached hydrogen (secondary N) is 1. The molecule has 0 spiro atoms. The number of piperazine rings is 1. The molecule has 1 saturated heterocycles. The summed E-state index contributed by atoms with van der Waals surface area (Å²) in [4.78, 5) is 42.2. The number of fused-ring (bicyclic) bond motifs is 6. The van der Waals surface area contributed by atoms with Gasteiger partial charge in [-0.05, 0) is 129 Å². The van der Waals surface area contributed by atoms with Crippen LogP contribution < -0.4 is 5.56 Å². The predicted molar refractivity (Wildman–Crippen MR) is 199 cm³/mol. The lowest BCUT2D eigenvalue weighted by Crippen LogP contribution is -2.56. The Hall–Kier alpha value is -3.43. The third-order valence-corrected chi connectivity index (χ3v) is 15.2. The standard InChI is InChI=1S/C43H55FN4O4/c1-41-17-13-30(49)27-29(41)10-11-33-35(41)14-18-42(2)36(33)15-19-43(42,52)16-5-6-20-47-21-23-48(24-22-47)40(51)34-25-28(9-12-37(34)44)26-38-31-7-3-4-8-32(31)39(50)46-45-38/h3-4,7-9,12,25,29,33,35-36,52H,5-6,10-11,13-24,26-27H2,1-2H3,(H,46,50)/t29-,33+,35-,36-,41-,42-,43-/m1/s1. The molecule has 2 heterocycles. The van der Waals surface area contributed by atoms with Crippen molar-refractivity contribution in [1.29, 1.82) is 0 Å². The average molecular weight is 711 g/mol. The number of aliphatic hydroxyl groups is 1. The Morgan fingerprint density at radius 3 is 2.52 bits per heavy atom. The Bertz CT molecular complexity index is 1910. The van der Waals surface area contributed by atoms with E-state index in [0.717, 1.165) is 88.4 Å². The molecule has 9 heteroatoms. The number of Topliss-reactive ketones (excluding diaryl/α,β-unsaturated/α-hetero) is 1. The number of rotatable bonds is 8. The number of nitrogens with zero attached hydrogens (tertiary/aromatic N) is 3. The molecule has 2 aromatic carbocycles. The Morgan fingerprint density at radius 1 is 0.942 bits per heavy atom. The van der Waals surface area contributed by atoms with E-state index >= 15 is 4.39 Å². The molecule has 4 aliphatic carbocycles. The highest BCUT2D eigenvalue weighted by atomic mass is 19.1. The number of hydrogen-bond donors (Lipinski definition) is 2. The van der Waals surface area contributed by atoms with Crippen molar-refractivity contribution in [3.05, 3.63) is 75.5 Å². The van der Waals surface area contributed by atoms with Gasteiger partial charge in [-0.2, -0.15) is 5.10 Å². The molecular formula is C43H55FN4O4. The number of H-pyrrole nitrogens is 1. The third-order valence-electron chi connectivity index (χ3n) is 15.2. The van der Waals surface area contributed by atoms with Gasteiger partial charge in [-0.15, -0.1) is 0 Å². The highest BCUT2D eigenvalue weighted by Crippen LogP contribution is 2.68. The van der Waals surface area contributed by atoms with Gasteiger partial charge >= 0.3 is 0 Å². The Labute approximate surface area is 306 Å². The predicted octanol–water partition coefficient (Wildman–Crippen LogP) is 6.92. The molecule has 3 aromatic rings. The Kier molecular flexibility index (Phi) is 9.42. The largest absolute Gasteiger partial charge is 0.389 e. The summed E-state index contributed by atoms with van der Waals surface area (Å²) in [6.07, 6.45) is 12.6. The molecule has 4 saturated carbocycles. The van der Waals surface area contributed by atoms with E-state index in [1.165, 1.54) is 25.3 Å². The second-order valence-electron chi connectivity index (χ2n) is 17.6. The molecule has 0 unspecified atom stereocenters. The summed E-state index contributed by atoms with van der Waals surface area (Å²) in [6, 6.07) is 11.9. The van der Waals surface area contributed by atoms with Crippen LogP contribution in [0.25, 0.3) is 10.8 Å². The molecular weight excluding hydrogens is 655 g/mol. The normalized spacial score (nSPS) is 33.5. The van der Waals surface area contributed by atoms with Gasteiger partial charge in [0.2, 0.25) is 0 Å². The number of benzene rings is 2. The Balaban J connectivity index is 0.825. The summed E-state index contributed by atoms with van der Waals surface area (Å²) < 4.78 is 15.0. The molecule has 1 aliphatic heterocycles. The molecule has 0 bridgehead atoms. The topological polar surface area (TPSA) is 107 Å². The highest BCUT2D eigenvalue weighted by Gasteiger charge is 2.64. The minimum Gasteiger partial charge on any atom is -0.389 e. The van der Waals surface area contributed by atoms with Crippen molar-refractivity contribution in [2.24, 2.45) is 34.5 Å². The molecule has 5 fully saturated rings. The molecule has 5 aliphatic rings. The van der Waals surface area contributed by atoms with E-state index < -0.39 is 11.4 Å². The van der Waals surface area contributed by atoms with Gasteiger partial charge in [0.05, 0.1) is 22.2 Å². The molecule has 8 nitrogen and oxygen atoms in total.